The van der Waals surface area contributed by atoms with Crippen LogP contribution < -0.4 is 5.73 Å². The van der Waals surface area contributed by atoms with Crippen molar-refractivity contribution < 1.29 is 0 Å². The highest BCUT2D eigenvalue weighted by molar-refractivity contribution is 5.15. The number of nitrogen functional groups attached to an aromatic ring is 1. The Labute approximate surface area is 72.8 Å². The molecule has 4 nitrogen and oxygen atoms in total. The van der Waals surface area contributed by atoms with Gasteiger partial charge in [0.15, 0.2) is 5.82 Å². The van der Waals surface area contributed by atoms with E-state index in [1.54, 1.807) is 4.68 Å². The summed E-state index contributed by atoms with van der Waals surface area (Å²) in [6, 6.07) is 0. The van der Waals surface area contributed by atoms with E-state index in [-0.39, 0.29) is 0 Å². The Morgan fingerprint density at radius 2 is 2.25 bits per heavy atom. The number of rotatable bonds is 3. The van der Waals surface area contributed by atoms with Gasteiger partial charge in [0.25, 0.3) is 0 Å². The summed E-state index contributed by atoms with van der Waals surface area (Å²) in [5.41, 5.74) is 5.55. The number of hydrogen-bond donors (Lipinski definition) is 1. The molecule has 0 amide bonds. The predicted octanol–water partition coefficient (Wildman–Crippen LogP) is 0.986. The molecule has 0 radical (unpaired) electrons. The highest BCUT2D eigenvalue weighted by Crippen LogP contribution is 2.08. The first kappa shape index (κ1) is 9.03. The molecule has 2 N–H and O–H groups in total. The van der Waals surface area contributed by atoms with E-state index in [1.807, 2.05) is 7.05 Å². The van der Waals surface area contributed by atoms with Gasteiger partial charge in [0.2, 0.25) is 5.95 Å². The van der Waals surface area contributed by atoms with Crippen molar-refractivity contribution in [3.63, 3.8) is 0 Å². The zero-order chi connectivity index (χ0) is 9.14. The molecule has 68 valence electrons. The second kappa shape index (κ2) is 3.56. The second-order valence-corrected chi connectivity index (χ2v) is 3.23. The van der Waals surface area contributed by atoms with Crippen molar-refractivity contribution >= 4 is 5.95 Å². The zero-order valence-electron chi connectivity index (χ0n) is 7.91. The minimum absolute atomic E-state index is 0.494. The summed E-state index contributed by atoms with van der Waals surface area (Å²) < 4.78 is 1.61. The van der Waals surface area contributed by atoms with Gasteiger partial charge in [-0.1, -0.05) is 20.3 Å². The maximum atomic E-state index is 5.55. The number of nitrogens with zero attached hydrogens (tertiary/aromatic N) is 3. The molecule has 0 saturated carbocycles. The number of anilines is 1. The molecule has 0 spiro atoms. The molecule has 1 rings (SSSR count). The Kier molecular flexibility index (Phi) is 2.68. The Bertz CT molecular complexity index is 234. The lowest BCUT2D eigenvalue weighted by atomic mass is 10.1. The van der Waals surface area contributed by atoms with Gasteiger partial charge in [-0.15, -0.1) is 0 Å². The highest BCUT2D eigenvalue weighted by atomic mass is 15.4. The molecular weight excluding hydrogens is 152 g/mol. The first-order valence-electron chi connectivity index (χ1n) is 4.28. The Morgan fingerprint density at radius 1 is 1.58 bits per heavy atom. The maximum Gasteiger partial charge on any atom is 0.218 e. The normalized spacial score (nSPS) is 13.2. The van der Waals surface area contributed by atoms with Gasteiger partial charge in [0.05, 0.1) is 0 Å². The molecule has 12 heavy (non-hydrogen) atoms. The van der Waals surface area contributed by atoms with Gasteiger partial charge in [-0.3, -0.25) is 0 Å². The molecule has 0 aliphatic carbocycles. The summed E-state index contributed by atoms with van der Waals surface area (Å²) in [7, 11) is 1.81. The van der Waals surface area contributed by atoms with Crippen LogP contribution >= 0.6 is 0 Å². The zero-order valence-corrected chi connectivity index (χ0v) is 7.91. The van der Waals surface area contributed by atoms with Crippen LogP contribution in [-0.2, 0) is 13.5 Å². The Balaban J connectivity index is 2.64. The van der Waals surface area contributed by atoms with E-state index in [2.05, 4.69) is 23.9 Å². The van der Waals surface area contributed by atoms with Gasteiger partial charge < -0.3 is 5.73 Å². The molecule has 0 aromatic carbocycles. The molecule has 1 atom stereocenters. The smallest absolute Gasteiger partial charge is 0.218 e. The topological polar surface area (TPSA) is 56.7 Å². The average molecular weight is 168 g/mol. The van der Waals surface area contributed by atoms with E-state index in [0.29, 0.717) is 11.9 Å². The summed E-state index contributed by atoms with van der Waals surface area (Å²) in [6.45, 7) is 4.35. The average Bonchev–Trinajstić information content (AvgIpc) is 2.31. The number of hydrogen-bond acceptors (Lipinski definition) is 3. The third-order valence-electron chi connectivity index (χ3n) is 2.07. The minimum atomic E-state index is 0.494. The van der Waals surface area contributed by atoms with Crippen LogP contribution in [0, 0.1) is 5.92 Å². The lowest BCUT2D eigenvalue weighted by Crippen LogP contribution is -2.00. The van der Waals surface area contributed by atoms with Crippen LogP contribution in [0.1, 0.15) is 26.1 Å². The summed E-state index contributed by atoms with van der Waals surface area (Å²) in [4.78, 5) is 4.13. The van der Waals surface area contributed by atoms with Crippen molar-refractivity contribution in [3.8, 4) is 0 Å². The van der Waals surface area contributed by atoms with Crippen LogP contribution in [0.4, 0.5) is 5.95 Å². The lowest BCUT2D eigenvalue weighted by Gasteiger charge is -2.02. The number of aryl methyl sites for hydroxylation is 1. The second-order valence-electron chi connectivity index (χ2n) is 3.23. The molecule has 0 bridgehead atoms. The van der Waals surface area contributed by atoms with Crippen LogP contribution in [0.3, 0.4) is 0 Å². The van der Waals surface area contributed by atoms with E-state index < -0.39 is 0 Å². The van der Waals surface area contributed by atoms with Crippen LogP contribution in [0.5, 0.6) is 0 Å². The van der Waals surface area contributed by atoms with Gasteiger partial charge in [-0.05, 0) is 5.92 Å². The molecule has 1 aromatic rings. The quantitative estimate of drug-likeness (QED) is 0.732. The minimum Gasteiger partial charge on any atom is -0.368 e. The molecule has 1 heterocycles. The summed E-state index contributed by atoms with van der Waals surface area (Å²) >= 11 is 0. The summed E-state index contributed by atoms with van der Waals surface area (Å²) in [5.74, 6) is 1.98. The van der Waals surface area contributed by atoms with E-state index in [4.69, 9.17) is 5.73 Å². The van der Waals surface area contributed by atoms with Crippen molar-refractivity contribution in [1.29, 1.82) is 0 Å². The molecule has 1 unspecified atom stereocenters. The summed E-state index contributed by atoms with van der Waals surface area (Å²) in [6.07, 6.45) is 2.07. The lowest BCUT2D eigenvalue weighted by molar-refractivity contribution is 0.540. The van der Waals surface area contributed by atoms with Gasteiger partial charge in [0.1, 0.15) is 0 Å². The van der Waals surface area contributed by atoms with Crippen molar-refractivity contribution in [3.05, 3.63) is 5.82 Å². The Morgan fingerprint density at radius 3 is 2.67 bits per heavy atom. The van der Waals surface area contributed by atoms with Gasteiger partial charge in [-0.25, -0.2) is 4.68 Å². The van der Waals surface area contributed by atoms with Crippen molar-refractivity contribution in [2.75, 3.05) is 5.73 Å². The third kappa shape index (κ3) is 1.96. The first-order chi connectivity index (χ1) is 5.63. The fraction of sp³-hybridized carbons (Fsp3) is 0.750. The molecular formula is C8H16N4. The monoisotopic (exact) mass is 168 g/mol. The van der Waals surface area contributed by atoms with Crippen LogP contribution in [0.25, 0.3) is 0 Å². The summed E-state index contributed by atoms with van der Waals surface area (Å²) in [5, 5.41) is 4.18. The SMILES string of the molecule is CCC(C)Cc1nc(N)n(C)n1. The van der Waals surface area contributed by atoms with E-state index in [0.717, 1.165) is 18.7 Å². The molecule has 0 aliphatic rings. The van der Waals surface area contributed by atoms with Crippen LogP contribution in [0.2, 0.25) is 0 Å². The van der Waals surface area contributed by atoms with Gasteiger partial charge >= 0.3 is 0 Å². The molecule has 0 fully saturated rings. The predicted molar refractivity (Wildman–Crippen MR) is 48.6 cm³/mol. The van der Waals surface area contributed by atoms with Gasteiger partial charge in [-0.2, -0.15) is 10.1 Å². The fourth-order valence-electron chi connectivity index (χ4n) is 0.994. The van der Waals surface area contributed by atoms with E-state index >= 15 is 0 Å². The Hall–Kier alpha value is -1.06. The van der Waals surface area contributed by atoms with Crippen molar-refractivity contribution in [2.45, 2.75) is 26.7 Å². The van der Waals surface area contributed by atoms with E-state index in [9.17, 15) is 0 Å². The van der Waals surface area contributed by atoms with E-state index in [1.165, 1.54) is 0 Å². The number of nitrogens with two attached hydrogens (primary N) is 1. The van der Waals surface area contributed by atoms with Crippen molar-refractivity contribution in [1.82, 2.24) is 14.8 Å². The maximum absolute atomic E-state index is 5.55. The van der Waals surface area contributed by atoms with Crippen LogP contribution in [-0.4, -0.2) is 14.8 Å². The first-order valence-corrected chi connectivity index (χ1v) is 4.28. The third-order valence-corrected chi connectivity index (χ3v) is 2.07. The highest BCUT2D eigenvalue weighted by Gasteiger charge is 2.07. The number of aromatic nitrogens is 3. The molecule has 0 saturated heterocycles. The fourth-order valence-corrected chi connectivity index (χ4v) is 0.994. The van der Waals surface area contributed by atoms with Gasteiger partial charge in [0, 0.05) is 13.5 Å². The molecule has 1 aromatic heterocycles. The van der Waals surface area contributed by atoms with Crippen molar-refractivity contribution in [2.24, 2.45) is 13.0 Å². The van der Waals surface area contributed by atoms with Crippen LogP contribution in [0.15, 0.2) is 0 Å². The standard InChI is InChI=1S/C8H16N4/c1-4-6(2)5-7-10-8(9)12(3)11-7/h6H,4-5H2,1-3H3,(H2,9,10,11). The molecule has 4 heteroatoms. The molecule has 0 aliphatic heterocycles. The largest absolute Gasteiger partial charge is 0.368 e.